The topological polar surface area (TPSA) is 92.7 Å². The molecule has 1 amide bonds. The van der Waals surface area contributed by atoms with Crippen LogP contribution in [0.4, 0.5) is 10.1 Å². The number of ether oxygens (including phenoxy) is 2. The van der Waals surface area contributed by atoms with E-state index in [0.29, 0.717) is 38.2 Å². The van der Waals surface area contributed by atoms with Gasteiger partial charge in [0.05, 0.1) is 37.8 Å². The molecule has 3 N–H and O–H groups in total. The van der Waals surface area contributed by atoms with Crippen molar-refractivity contribution < 1.29 is 18.7 Å². The maximum atomic E-state index is 13.3. The third-order valence-corrected chi connectivity index (χ3v) is 10.2. The molecular weight excluding hydrogens is 595 g/mol. The summed E-state index contributed by atoms with van der Waals surface area (Å²) in [6.07, 6.45) is 11.0. The predicted octanol–water partition coefficient (Wildman–Crippen LogP) is 6.20. The van der Waals surface area contributed by atoms with Crippen molar-refractivity contribution in [1.82, 2.24) is 25.1 Å². The quantitative estimate of drug-likeness (QED) is 0.214. The van der Waals surface area contributed by atoms with Crippen LogP contribution in [0.15, 0.2) is 48.7 Å². The van der Waals surface area contributed by atoms with E-state index in [1.807, 2.05) is 43.5 Å². The summed E-state index contributed by atoms with van der Waals surface area (Å²) in [7, 11) is 1.70. The monoisotopic (exact) mass is 646 g/mol. The first-order valence-corrected chi connectivity index (χ1v) is 17.5. The number of halogens is 1. The maximum Gasteiger partial charge on any atom is 0.251 e. The molecule has 3 heterocycles. The van der Waals surface area contributed by atoms with Crippen molar-refractivity contribution >= 4 is 11.6 Å². The Bertz CT molecular complexity index is 1460. The van der Waals surface area contributed by atoms with Gasteiger partial charge in [0, 0.05) is 49.5 Å². The number of fused-ring (bicyclic) bond motifs is 2. The fourth-order valence-electron chi connectivity index (χ4n) is 7.50. The van der Waals surface area contributed by atoms with E-state index in [1.54, 1.807) is 7.11 Å². The molecule has 47 heavy (non-hydrogen) atoms. The van der Waals surface area contributed by atoms with Gasteiger partial charge in [-0.15, -0.1) is 0 Å². The van der Waals surface area contributed by atoms with Crippen LogP contribution in [0.5, 0.6) is 5.75 Å². The Balaban J connectivity index is 1.10. The molecule has 6 rings (SSSR count). The Morgan fingerprint density at radius 3 is 2.51 bits per heavy atom. The van der Waals surface area contributed by atoms with Crippen molar-refractivity contribution in [3.63, 3.8) is 0 Å². The van der Waals surface area contributed by atoms with Gasteiger partial charge in [0.15, 0.2) is 0 Å². The zero-order chi connectivity index (χ0) is 32.6. The van der Waals surface area contributed by atoms with E-state index >= 15 is 0 Å². The molecule has 1 saturated heterocycles. The average Bonchev–Trinajstić information content (AvgIpc) is 3.53. The average molecular weight is 647 g/mol. The molecule has 254 valence electrons. The van der Waals surface area contributed by atoms with E-state index < -0.39 is 6.17 Å². The van der Waals surface area contributed by atoms with Crippen molar-refractivity contribution in [2.75, 3.05) is 58.4 Å². The van der Waals surface area contributed by atoms with Gasteiger partial charge < -0.3 is 29.6 Å². The van der Waals surface area contributed by atoms with Crippen LogP contribution in [0.2, 0.25) is 0 Å². The molecule has 2 aromatic carbocycles. The Hall–Kier alpha value is -3.47. The second kappa shape index (κ2) is 15.6. The molecule has 0 bridgehead atoms. The third kappa shape index (κ3) is 7.99. The number of anilines is 1. The van der Waals surface area contributed by atoms with Crippen LogP contribution < -0.4 is 20.7 Å². The van der Waals surface area contributed by atoms with E-state index in [1.165, 1.54) is 32.1 Å². The summed E-state index contributed by atoms with van der Waals surface area (Å²) < 4.78 is 27.0. The van der Waals surface area contributed by atoms with E-state index in [2.05, 4.69) is 37.6 Å². The minimum Gasteiger partial charge on any atom is -0.497 e. The molecule has 9 nitrogen and oxygen atoms in total. The molecule has 1 aliphatic carbocycles. The number of hydrogen-bond acceptors (Lipinski definition) is 7. The number of imidazole rings is 1. The Labute approximate surface area is 278 Å². The predicted molar refractivity (Wildman–Crippen MR) is 184 cm³/mol. The molecule has 0 radical (unpaired) electrons. The number of carbonyl (C=O) groups excluding carboxylic acids is 1. The minimum absolute atomic E-state index is 0.0200. The van der Waals surface area contributed by atoms with Gasteiger partial charge in [-0.1, -0.05) is 32.1 Å². The number of benzene rings is 2. The van der Waals surface area contributed by atoms with Crippen LogP contribution in [-0.2, 0) is 10.3 Å². The number of nitrogens with one attached hydrogen (secondary N) is 3. The van der Waals surface area contributed by atoms with E-state index in [0.717, 1.165) is 73.1 Å². The zero-order valence-corrected chi connectivity index (χ0v) is 28.0. The molecule has 10 heteroatoms. The normalized spacial score (nSPS) is 20.3. The molecule has 2 fully saturated rings. The number of amides is 1. The van der Waals surface area contributed by atoms with Gasteiger partial charge in [-0.3, -0.25) is 10.1 Å². The van der Waals surface area contributed by atoms with Crippen molar-refractivity contribution in [2.45, 2.75) is 82.6 Å². The first kappa shape index (κ1) is 33.4. The highest BCUT2D eigenvalue weighted by Crippen LogP contribution is 2.42. The number of nitrogens with zero attached hydrogens (tertiary/aromatic N) is 3. The maximum absolute atomic E-state index is 13.3. The SMILES string of the molecule is COc1ccc(-c2cnc3n2C2(CCCCCCC2)CNC3Nc2ccc(C(=O)NCCOCCN3CCC(F)CC3)c(C)c2)cc1. The molecule has 1 saturated carbocycles. The first-order valence-electron chi connectivity index (χ1n) is 17.5. The fourth-order valence-corrected chi connectivity index (χ4v) is 7.50. The molecule has 3 aliphatic rings. The standard InChI is InChI=1S/C37H51FN6O3/c1-27-24-30(10-13-32(27)36(45)39-18-22-47-23-21-43-19-14-29(38)15-20-43)42-34-35-40-25-33(28-8-11-31(46-2)12-9-28)44(35)37(26-41-34)16-6-4-3-5-7-17-37/h8-13,24-25,29,34,41-42H,3-7,14-23,26H2,1-2H3,(H,39,45). The molecular formula is C37H51FN6O3. The first-order chi connectivity index (χ1) is 23.0. The fraction of sp³-hybridized carbons (Fsp3) is 0.568. The molecule has 1 aromatic heterocycles. The molecule has 3 aromatic rings. The lowest BCUT2D eigenvalue weighted by Gasteiger charge is -2.45. The Morgan fingerprint density at radius 1 is 1.04 bits per heavy atom. The van der Waals surface area contributed by atoms with Crippen LogP contribution in [0.25, 0.3) is 11.3 Å². The van der Waals surface area contributed by atoms with Crippen LogP contribution >= 0.6 is 0 Å². The molecule has 1 unspecified atom stereocenters. The summed E-state index contributed by atoms with van der Waals surface area (Å²) >= 11 is 0. The smallest absolute Gasteiger partial charge is 0.251 e. The Kier molecular flexibility index (Phi) is 11.1. The number of piperidine rings is 1. The second-order valence-electron chi connectivity index (χ2n) is 13.4. The van der Waals surface area contributed by atoms with Gasteiger partial charge in [0.25, 0.3) is 5.91 Å². The number of aromatic nitrogens is 2. The number of alkyl halides is 1. The van der Waals surface area contributed by atoms with Gasteiger partial charge >= 0.3 is 0 Å². The van der Waals surface area contributed by atoms with Crippen molar-refractivity contribution in [3.8, 4) is 17.0 Å². The summed E-state index contributed by atoms with van der Waals surface area (Å²) in [6.45, 7) is 6.69. The third-order valence-electron chi connectivity index (χ3n) is 10.2. The Morgan fingerprint density at radius 2 is 1.79 bits per heavy atom. The van der Waals surface area contributed by atoms with Crippen LogP contribution in [-0.4, -0.2) is 79.6 Å². The lowest BCUT2D eigenvalue weighted by atomic mass is 9.81. The molecule has 1 atom stereocenters. The minimum atomic E-state index is -0.661. The van der Waals surface area contributed by atoms with Gasteiger partial charge in [-0.05, 0) is 80.6 Å². The van der Waals surface area contributed by atoms with Crippen molar-refractivity contribution in [3.05, 3.63) is 65.6 Å². The number of rotatable bonds is 11. The van der Waals surface area contributed by atoms with Crippen LogP contribution in [0.1, 0.15) is 85.7 Å². The summed E-state index contributed by atoms with van der Waals surface area (Å²) in [6, 6.07) is 14.2. The number of carbonyl (C=O) groups is 1. The van der Waals surface area contributed by atoms with Crippen LogP contribution in [0.3, 0.4) is 0 Å². The summed E-state index contributed by atoms with van der Waals surface area (Å²) in [5.74, 6) is 1.73. The highest BCUT2D eigenvalue weighted by atomic mass is 19.1. The van der Waals surface area contributed by atoms with E-state index in [-0.39, 0.29) is 17.6 Å². The van der Waals surface area contributed by atoms with Crippen LogP contribution in [0, 0.1) is 6.92 Å². The molecule has 1 spiro atoms. The molecule has 2 aliphatic heterocycles. The number of likely N-dealkylation sites (tertiary alicyclic amines) is 1. The second-order valence-corrected chi connectivity index (χ2v) is 13.4. The number of methoxy groups -OCH3 is 1. The zero-order valence-electron chi connectivity index (χ0n) is 28.0. The lowest BCUT2D eigenvalue weighted by Crippen LogP contribution is -2.52. The number of aryl methyl sites for hydroxylation is 1. The van der Waals surface area contributed by atoms with Gasteiger partial charge in [0.1, 0.15) is 23.9 Å². The lowest BCUT2D eigenvalue weighted by molar-refractivity contribution is 0.0785. The van der Waals surface area contributed by atoms with Crippen molar-refractivity contribution in [1.29, 1.82) is 0 Å². The van der Waals surface area contributed by atoms with E-state index in [4.69, 9.17) is 14.5 Å². The van der Waals surface area contributed by atoms with Crippen molar-refractivity contribution in [2.24, 2.45) is 0 Å². The van der Waals surface area contributed by atoms with Gasteiger partial charge in [-0.2, -0.15) is 0 Å². The highest BCUT2D eigenvalue weighted by molar-refractivity contribution is 5.96. The largest absolute Gasteiger partial charge is 0.497 e. The summed E-state index contributed by atoms with van der Waals surface area (Å²) in [5, 5.41) is 10.5. The van der Waals surface area contributed by atoms with Gasteiger partial charge in [0.2, 0.25) is 0 Å². The summed E-state index contributed by atoms with van der Waals surface area (Å²) in [5.41, 5.74) is 4.75. The summed E-state index contributed by atoms with van der Waals surface area (Å²) in [4.78, 5) is 20.2. The van der Waals surface area contributed by atoms with Gasteiger partial charge in [-0.25, -0.2) is 9.37 Å². The van der Waals surface area contributed by atoms with E-state index in [9.17, 15) is 9.18 Å². The highest BCUT2D eigenvalue weighted by Gasteiger charge is 2.41. The number of hydrogen-bond donors (Lipinski definition) is 3.